The second-order valence-electron chi connectivity index (χ2n) is 5.99. The molecule has 19 heavy (non-hydrogen) atoms. The molecule has 0 rings (SSSR count). The second-order valence-corrected chi connectivity index (χ2v) is 5.99. The highest BCUT2D eigenvalue weighted by Gasteiger charge is 2.38. The molecule has 0 fully saturated rings. The van der Waals surface area contributed by atoms with E-state index in [1.807, 2.05) is 0 Å². The van der Waals surface area contributed by atoms with Crippen LogP contribution in [0.3, 0.4) is 0 Å². The Bertz CT molecular complexity index is 303. The summed E-state index contributed by atoms with van der Waals surface area (Å²) in [7, 11) is 0. The van der Waals surface area contributed by atoms with Crippen LogP contribution in [0.25, 0.3) is 0 Å². The summed E-state index contributed by atoms with van der Waals surface area (Å²) >= 11 is 0. The predicted octanol–water partition coefficient (Wildman–Crippen LogP) is 0.748. The van der Waals surface area contributed by atoms with Gasteiger partial charge in [-0.2, -0.15) is 0 Å². The zero-order chi connectivity index (χ0) is 15.3. The number of rotatable bonds is 9. The summed E-state index contributed by atoms with van der Waals surface area (Å²) in [6, 6.07) is 0. The van der Waals surface area contributed by atoms with Crippen LogP contribution < -0.4 is 5.73 Å². The third kappa shape index (κ3) is 5.93. The monoisotopic (exact) mass is 276 g/mol. The predicted molar refractivity (Wildman–Crippen MR) is 72.3 cm³/mol. The molecule has 0 aromatic heterocycles. The van der Waals surface area contributed by atoms with E-state index in [9.17, 15) is 20.2 Å². The summed E-state index contributed by atoms with van der Waals surface area (Å²) in [5.74, 6) is 0. The highest BCUT2D eigenvalue weighted by Crippen LogP contribution is 2.15. The van der Waals surface area contributed by atoms with E-state index in [0.29, 0.717) is 19.5 Å². The van der Waals surface area contributed by atoms with Crippen molar-refractivity contribution in [1.29, 1.82) is 0 Å². The van der Waals surface area contributed by atoms with E-state index < -0.39 is 11.1 Å². The summed E-state index contributed by atoms with van der Waals surface area (Å²) < 4.78 is 0. The molecule has 0 aliphatic carbocycles. The van der Waals surface area contributed by atoms with Crippen LogP contribution in [-0.2, 0) is 0 Å². The smallest absolute Gasteiger partial charge is 0.229 e. The molecule has 0 heterocycles. The molecule has 0 aromatic carbocycles. The van der Waals surface area contributed by atoms with Crippen LogP contribution >= 0.6 is 0 Å². The lowest BCUT2D eigenvalue weighted by molar-refractivity contribution is -0.569. The minimum atomic E-state index is -1.14. The van der Waals surface area contributed by atoms with Gasteiger partial charge >= 0.3 is 0 Å². The van der Waals surface area contributed by atoms with Crippen molar-refractivity contribution < 1.29 is 9.85 Å². The summed E-state index contributed by atoms with van der Waals surface area (Å²) in [6.45, 7) is 7.36. The first-order chi connectivity index (χ1) is 8.53. The first-order valence-corrected chi connectivity index (χ1v) is 6.24. The highest BCUT2D eigenvalue weighted by atomic mass is 16.6. The van der Waals surface area contributed by atoms with E-state index in [1.165, 1.54) is 27.7 Å². The van der Waals surface area contributed by atoms with Crippen molar-refractivity contribution in [2.75, 3.05) is 26.2 Å². The van der Waals surface area contributed by atoms with Gasteiger partial charge in [-0.15, -0.1) is 0 Å². The maximum absolute atomic E-state index is 11.0. The average Bonchev–Trinajstić information content (AvgIpc) is 2.24. The van der Waals surface area contributed by atoms with E-state index >= 15 is 0 Å². The minimum absolute atomic E-state index is 0.164. The molecular weight excluding hydrogens is 252 g/mol. The van der Waals surface area contributed by atoms with Crippen molar-refractivity contribution in [2.45, 2.75) is 45.2 Å². The van der Waals surface area contributed by atoms with E-state index in [4.69, 9.17) is 5.73 Å². The van der Waals surface area contributed by atoms with Crippen LogP contribution in [0.2, 0.25) is 0 Å². The molecule has 8 nitrogen and oxygen atoms in total. The molecule has 0 radical (unpaired) electrons. The fourth-order valence-corrected chi connectivity index (χ4v) is 1.74. The molecule has 2 N–H and O–H groups in total. The standard InChI is InChI=1S/C11H24N4O4/c1-10(2,14(16)17)8-13(7-5-6-12)9-11(3,4)15(18)19/h5-9,12H2,1-4H3. The minimum Gasteiger partial charge on any atom is -0.330 e. The topological polar surface area (TPSA) is 116 Å². The molecule has 0 saturated carbocycles. The summed E-state index contributed by atoms with van der Waals surface area (Å²) in [4.78, 5) is 22.9. The first kappa shape index (κ1) is 17.7. The zero-order valence-electron chi connectivity index (χ0n) is 12.1. The van der Waals surface area contributed by atoms with Gasteiger partial charge in [-0.3, -0.25) is 25.1 Å². The van der Waals surface area contributed by atoms with Crippen LogP contribution in [0.1, 0.15) is 34.1 Å². The number of hydrogen-bond donors (Lipinski definition) is 1. The van der Waals surface area contributed by atoms with Crippen LogP contribution in [-0.4, -0.2) is 52.0 Å². The number of hydrogen-bond acceptors (Lipinski definition) is 6. The maximum Gasteiger partial charge on any atom is 0.229 e. The Balaban J connectivity index is 4.82. The molecule has 0 saturated heterocycles. The van der Waals surface area contributed by atoms with Gasteiger partial charge in [0, 0.05) is 37.5 Å². The Morgan fingerprint density at radius 3 is 1.63 bits per heavy atom. The van der Waals surface area contributed by atoms with Gasteiger partial charge in [0.1, 0.15) is 0 Å². The molecule has 0 aromatic rings. The summed E-state index contributed by atoms with van der Waals surface area (Å²) in [5, 5.41) is 21.9. The molecule has 0 amide bonds. The molecule has 0 aliphatic heterocycles. The SMILES string of the molecule is CC(C)(CN(CCCN)CC(C)(C)[N+](=O)[O-])[N+](=O)[O-]. The Morgan fingerprint density at radius 1 is 1.00 bits per heavy atom. The molecular formula is C11H24N4O4. The highest BCUT2D eigenvalue weighted by molar-refractivity contribution is 4.79. The van der Waals surface area contributed by atoms with Gasteiger partial charge in [0.15, 0.2) is 0 Å². The van der Waals surface area contributed by atoms with Gasteiger partial charge in [-0.1, -0.05) is 0 Å². The van der Waals surface area contributed by atoms with Crippen molar-refractivity contribution in [3.8, 4) is 0 Å². The van der Waals surface area contributed by atoms with Crippen LogP contribution in [0.4, 0.5) is 0 Å². The van der Waals surface area contributed by atoms with Crippen LogP contribution in [0, 0.1) is 20.2 Å². The fraction of sp³-hybridized carbons (Fsp3) is 1.00. The first-order valence-electron chi connectivity index (χ1n) is 6.24. The van der Waals surface area contributed by atoms with E-state index in [1.54, 1.807) is 4.90 Å². The third-order valence-electron chi connectivity index (χ3n) is 2.89. The Kier molecular flexibility index (Phi) is 6.31. The number of nitro groups is 2. The molecule has 0 atom stereocenters. The maximum atomic E-state index is 11.0. The quantitative estimate of drug-likeness (QED) is 0.490. The van der Waals surface area contributed by atoms with Crippen molar-refractivity contribution >= 4 is 0 Å². The van der Waals surface area contributed by atoms with Crippen molar-refractivity contribution in [2.24, 2.45) is 5.73 Å². The van der Waals surface area contributed by atoms with Gasteiger partial charge in [-0.25, -0.2) is 0 Å². The van der Waals surface area contributed by atoms with Gasteiger partial charge in [0.2, 0.25) is 11.1 Å². The molecule has 112 valence electrons. The Labute approximate surface area is 113 Å². The lowest BCUT2D eigenvalue weighted by atomic mass is 10.0. The van der Waals surface area contributed by atoms with E-state index in [2.05, 4.69) is 0 Å². The Morgan fingerprint density at radius 2 is 1.37 bits per heavy atom. The van der Waals surface area contributed by atoms with Gasteiger partial charge in [-0.05, 0) is 19.5 Å². The lowest BCUT2D eigenvalue weighted by Gasteiger charge is -2.30. The largest absolute Gasteiger partial charge is 0.330 e. The summed E-state index contributed by atoms with van der Waals surface area (Å²) in [6.07, 6.45) is 0.654. The van der Waals surface area contributed by atoms with E-state index in [0.717, 1.165) is 0 Å². The third-order valence-corrected chi connectivity index (χ3v) is 2.89. The van der Waals surface area contributed by atoms with Crippen molar-refractivity contribution in [1.82, 2.24) is 4.90 Å². The summed E-state index contributed by atoms with van der Waals surface area (Å²) in [5.41, 5.74) is 3.15. The van der Waals surface area contributed by atoms with E-state index in [-0.39, 0.29) is 22.9 Å². The zero-order valence-corrected chi connectivity index (χ0v) is 12.1. The van der Waals surface area contributed by atoms with Gasteiger partial charge in [0.05, 0.1) is 13.1 Å². The Hall–Kier alpha value is -1.28. The molecule has 0 bridgehead atoms. The molecule has 8 heteroatoms. The molecule has 0 unspecified atom stereocenters. The van der Waals surface area contributed by atoms with Crippen LogP contribution in [0.15, 0.2) is 0 Å². The fourth-order valence-electron chi connectivity index (χ4n) is 1.74. The number of nitrogens with two attached hydrogens (primary N) is 1. The number of nitrogens with zero attached hydrogens (tertiary/aromatic N) is 3. The second kappa shape index (κ2) is 6.76. The lowest BCUT2D eigenvalue weighted by Crippen LogP contribution is -2.51. The molecule has 0 spiro atoms. The van der Waals surface area contributed by atoms with Gasteiger partial charge < -0.3 is 5.73 Å². The van der Waals surface area contributed by atoms with Crippen molar-refractivity contribution in [3.63, 3.8) is 0 Å². The average molecular weight is 276 g/mol. The van der Waals surface area contributed by atoms with Gasteiger partial charge in [0.25, 0.3) is 0 Å². The van der Waals surface area contributed by atoms with Crippen LogP contribution in [0.5, 0.6) is 0 Å². The normalized spacial score (nSPS) is 12.7. The molecule has 0 aliphatic rings. The van der Waals surface area contributed by atoms with Crippen molar-refractivity contribution in [3.05, 3.63) is 20.2 Å².